The van der Waals surface area contributed by atoms with Crippen LogP contribution < -0.4 is 4.74 Å². The highest BCUT2D eigenvalue weighted by Crippen LogP contribution is 2.22. The maximum Gasteiger partial charge on any atom is 0.240 e. The molecular weight excluding hydrogens is 208 g/mol. The van der Waals surface area contributed by atoms with Gasteiger partial charge >= 0.3 is 0 Å². The predicted octanol–water partition coefficient (Wildman–Crippen LogP) is 1.72. The zero-order valence-electron chi connectivity index (χ0n) is 9.52. The predicted molar refractivity (Wildman–Crippen MR) is 58.3 cm³/mol. The minimum Gasteiger partial charge on any atom is -0.472 e. The molecule has 16 heavy (non-hydrogen) atoms. The lowest BCUT2D eigenvalue weighted by atomic mass is 10.2. The highest BCUT2D eigenvalue weighted by atomic mass is 16.5. The van der Waals surface area contributed by atoms with Crippen molar-refractivity contribution in [1.29, 1.82) is 0 Å². The molecule has 1 aromatic rings. The molecule has 86 valence electrons. The number of aliphatic hydroxyl groups is 1. The molecule has 1 N–H and O–H groups in total. The molecule has 1 rings (SSSR count). The summed E-state index contributed by atoms with van der Waals surface area (Å²) in [5, 5.41) is 9.06. The van der Waals surface area contributed by atoms with Crippen LogP contribution in [0, 0.1) is 0 Å². The van der Waals surface area contributed by atoms with E-state index in [9.17, 15) is 4.79 Å². The Morgan fingerprint density at radius 3 is 2.69 bits per heavy atom. The molecule has 0 aliphatic rings. The van der Waals surface area contributed by atoms with E-state index in [2.05, 4.69) is 9.98 Å². The largest absolute Gasteiger partial charge is 0.472 e. The summed E-state index contributed by atoms with van der Waals surface area (Å²) < 4.78 is 5.51. The van der Waals surface area contributed by atoms with E-state index in [-0.39, 0.29) is 12.2 Å². The number of aliphatic imine (C=N–C) groups is 1. The summed E-state index contributed by atoms with van der Waals surface area (Å²) in [6.45, 7) is 5.38. The zero-order chi connectivity index (χ0) is 12.2. The lowest BCUT2D eigenvalue weighted by Crippen LogP contribution is -2.23. The molecule has 0 radical (unpaired) electrons. The van der Waals surface area contributed by atoms with E-state index in [0.717, 1.165) is 0 Å². The average Bonchev–Trinajstić information content (AvgIpc) is 2.18. The third-order valence-corrected chi connectivity index (χ3v) is 1.65. The first-order valence-electron chi connectivity index (χ1n) is 4.84. The molecule has 0 unspecified atom stereocenters. The summed E-state index contributed by atoms with van der Waals surface area (Å²) >= 11 is 0. The van der Waals surface area contributed by atoms with E-state index in [1.165, 1.54) is 6.08 Å². The van der Waals surface area contributed by atoms with Crippen LogP contribution in [0.3, 0.4) is 0 Å². The quantitative estimate of drug-likeness (QED) is 0.624. The molecule has 5 nitrogen and oxygen atoms in total. The van der Waals surface area contributed by atoms with E-state index in [1.807, 2.05) is 20.8 Å². The Bertz CT molecular complexity index is 418. The first-order chi connectivity index (χ1) is 7.46. The van der Waals surface area contributed by atoms with Gasteiger partial charge in [0.1, 0.15) is 11.3 Å². The number of carbonyl (C=O) groups excluding carboxylic acids is 1. The smallest absolute Gasteiger partial charge is 0.240 e. The molecule has 5 heteroatoms. The van der Waals surface area contributed by atoms with Crippen molar-refractivity contribution in [3.63, 3.8) is 0 Å². The molecule has 0 aromatic carbocycles. The Labute approximate surface area is 93.8 Å². The van der Waals surface area contributed by atoms with Crippen molar-refractivity contribution in [3.8, 4) is 5.88 Å². The van der Waals surface area contributed by atoms with Gasteiger partial charge < -0.3 is 9.84 Å². The average molecular weight is 222 g/mol. The van der Waals surface area contributed by atoms with Crippen LogP contribution in [0.15, 0.2) is 17.1 Å². The van der Waals surface area contributed by atoms with E-state index >= 15 is 0 Å². The van der Waals surface area contributed by atoms with Gasteiger partial charge in [0.25, 0.3) is 0 Å². The molecule has 1 heterocycles. The van der Waals surface area contributed by atoms with Crippen LogP contribution >= 0.6 is 0 Å². The van der Waals surface area contributed by atoms with Gasteiger partial charge in [-0.2, -0.15) is 4.99 Å². The Kier molecular flexibility index (Phi) is 3.77. The van der Waals surface area contributed by atoms with Gasteiger partial charge in [-0.1, -0.05) is 0 Å². The summed E-state index contributed by atoms with van der Waals surface area (Å²) in [4.78, 5) is 17.6. The fourth-order valence-corrected chi connectivity index (χ4v) is 1.11. The van der Waals surface area contributed by atoms with E-state index in [4.69, 9.17) is 9.84 Å². The molecule has 0 aliphatic heterocycles. The minimum atomic E-state index is -0.366. The normalized spacial score (nSPS) is 10.8. The van der Waals surface area contributed by atoms with Crippen molar-refractivity contribution in [3.05, 3.63) is 17.8 Å². The molecule has 0 spiro atoms. The Morgan fingerprint density at radius 2 is 2.19 bits per heavy atom. The SMILES string of the molecule is CC(C)(C)Oc1ccc(N=C=O)c(CO)n1. The van der Waals surface area contributed by atoms with Crippen molar-refractivity contribution < 1.29 is 14.6 Å². The van der Waals surface area contributed by atoms with Crippen molar-refractivity contribution in [2.24, 2.45) is 4.99 Å². The van der Waals surface area contributed by atoms with Crippen molar-refractivity contribution >= 4 is 11.8 Å². The Hall–Kier alpha value is -1.71. The second kappa shape index (κ2) is 4.88. The van der Waals surface area contributed by atoms with Gasteiger partial charge in [-0.25, -0.2) is 9.78 Å². The summed E-state index contributed by atoms with van der Waals surface area (Å²) in [7, 11) is 0. The van der Waals surface area contributed by atoms with Crippen LogP contribution in [0.4, 0.5) is 5.69 Å². The molecule has 1 aromatic heterocycles. The Balaban J connectivity index is 3.04. The van der Waals surface area contributed by atoms with Crippen LogP contribution in [0.1, 0.15) is 26.5 Å². The molecule has 0 bridgehead atoms. The molecule has 0 amide bonds. The number of pyridine rings is 1. The van der Waals surface area contributed by atoms with E-state index in [0.29, 0.717) is 17.3 Å². The van der Waals surface area contributed by atoms with Gasteiger partial charge in [-0.15, -0.1) is 0 Å². The van der Waals surface area contributed by atoms with E-state index in [1.54, 1.807) is 12.1 Å². The van der Waals surface area contributed by atoms with Crippen LogP contribution in [-0.2, 0) is 11.4 Å². The number of aliphatic hydroxyl groups excluding tert-OH is 1. The van der Waals surface area contributed by atoms with Crippen molar-refractivity contribution in [2.75, 3.05) is 0 Å². The fourth-order valence-electron chi connectivity index (χ4n) is 1.11. The third-order valence-electron chi connectivity index (χ3n) is 1.65. The van der Waals surface area contributed by atoms with Crippen LogP contribution in [0.5, 0.6) is 5.88 Å². The summed E-state index contributed by atoms with van der Waals surface area (Å²) in [6, 6.07) is 3.16. The number of isocyanates is 1. The Morgan fingerprint density at radius 1 is 1.50 bits per heavy atom. The van der Waals surface area contributed by atoms with Crippen LogP contribution in [0.25, 0.3) is 0 Å². The second-order valence-corrected chi connectivity index (χ2v) is 4.19. The van der Waals surface area contributed by atoms with E-state index < -0.39 is 0 Å². The third kappa shape index (κ3) is 3.46. The maximum absolute atomic E-state index is 10.1. The standard InChI is InChI=1S/C11H14N2O3/c1-11(2,3)16-10-5-4-8(12-7-15)9(6-14)13-10/h4-5,14H,6H2,1-3H3. The molecular formula is C11H14N2O3. The van der Waals surface area contributed by atoms with Gasteiger partial charge in [0.2, 0.25) is 12.0 Å². The van der Waals surface area contributed by atoms with Crippen molar-refractivity contribution in [2.45, 2.75) is 33.0 Å². The minimum absolute atomic E-state index is 0.296. The first-order valence-corrected chi connectivity index (χ1v) is 4.84. The van der Waals surface area contributed by atoms with Crippen LogP contribution in [0.2, 0.25) is 0 Å². The first kappa shape index (κ1) is 12.4. The fraction of sp³-hybridized carbons (Fsp3) is 0.455. The van der Waals surface area contributed by atoms with Gasteiger partial charge in [0.05, 0.1) is 12.3 Å². The second-order valence-electron chi connectivity index (χ2n) is 4.19. The van der Waals surface area contributed by atoms with Crippen LogP contribution in [-0.4, -0.2) is 21.8 Å². The number of nitrogens with zero attached hydrogens (tertiary/aromatic N) is 2. The summed E-state index contributed by atoms with van der Waals surface area (Å²) in [5.41, 5.74) is 0.235. The van der Waals surface area contributed by atoms with Crippen molar-refractivity contribution in [1.82, 2.24) is 4.98 Å². The van der Waals surface area contributed by atoms with Gasteiger partial charge in [-0.3, -0.25) is 0 Å². The zero-order valence-corrected chi connectivity index (χ0v) is 9.52. The number of ether oxygens (including phenoxy) is 1. The summed E-state index contributed by atoms with van der Waals surface area (Å²) in [5.74, 6) is 0.390. The highest BCUT2D eigenvalue weighted by Gasteiger charge is 2.14. The lowest BCUT2D eigenvalue weighted by Gasteiger charge is -2.20. The number of aromatic nitrogens is 1. The number of rotatable bonds is 3. The number of hydrogen-bond donors (Lipinski definition) is 1. The molecule has 0 saturated carbocycles. The number of hydrogen-bond acceptors (Lipinski definition) is 5. The van der Waals surface area contributed by atoms with Gasteiger partial charge in [-0.05, 0) is 26.8 Å². The lowest BCUT2D eigenvalue weighted by molar-refractivity contribution is 0.123. The molecule has 0 fully saturated rings. The van der Waals surface area contributed by atoms with Gasteiger partial charge in [0.15, 0.2) is 0 Å². The molecule has 0 atom stereocenters. The summed E-state index contributed by atoms with van der Waals surface area (Å²) in [6.07, 6.45) is 1.41. The molecule has 0 saturated heterocycles. The maximum atomic E-state index is 10.1. The topological polar surface area (TPSA) is 71.8 Å². The highest BCUT2D eigenvalue weighted by molar-refractivity contribution is 5.52. The monoisotopic (exact) mass is 222 g/mol. The molecule has 0 aliphatic carbocycles. The van der Waals surface area contributed by atoms with Gasteiger partial charge in [0, 0.05) is 6.07 Å².